The van der Waals surface area contributed by atoms with Gasteiger partial charge in [0.25, 0.3) is 5.69 Å². The first-order chi connectivity index (χ1) is 8.47. The van der Waals surface area contributed by atoms with Crippen molar-refractivity contribution >= 4 is 17.2 Å². The summed E-state index contributed by atoms with van der Waals surface area (Å²) in [5.74, 6) is -1.34. The van der Waals surface area contributed by atoms with E-state index in [-0.39, 0.29) is 16.9 Å². The maximum absolute atomic E-state index is 13.5. The second-order valence-electron chi connectivity index (χ2n) is 3.58. The summed E-state index contributed by atoms with van der Waals surface area (Å²) in [5.41, 5.74) is -0.601. The Morgan fingerprint density at radius 3 is 2.72 bits per heavy atom. The number of ether oxygens (including phenoxy) is 1. The van der Waals surface area contributed by atoms with E-state index in [9.17, 15) is 19.3 Å². The number of nitro benzene ring substituents is 1. The molecule has 1 aromatic rings. The molecule has 0 heterocycles. The minimum absolute atomic E-state index is 0.0274. The number of hydrogen-bond acceptors (Lipinski definition) is 5. The summed E-state index contributed by atoms with van der Waals surface area (Å²) < 4.78 is 18.3. The number of anilines is 1. The van der Waals surface area contributed by atoms with Crippen LogP contribution in [0, 0.1) is 15.9 Å². The average molecular weight is 256 g/mol. The number of ketones is 1. The van der Waals surface area contributed by atoms with Crippen LogP contribution >= 0.6 is 0 Å². The van der Waals surface area contributed by atoms with Crippen molar-refractivity contribution in [1.29, 1.82) is 0 Å². The zero-order chi connectivity index (χ0) is 13.7. The molecule has 0 aliphatic rings. The molecule has 0 bridgehead atoms. The summed E-state index contributed by atoms with van der Waals surface area (Å²) in [6.07, 6.45) is 0. The van der Waals surface area contributed by atoms with Crippen LogP contribution in [0.25, 0.3) is 0 Å². The third-order valence-electron chi connectivity index (χ3n) is 2.28. The van der Waals surface area contributed by atoms with Gasteiger partial charge in [0, 0.05) is 25.8 Å². The molecule has 0 unspecified atom stereocenters. The van der Waals surface area contributed by atoms with Crippen molar-refractivity contribution in [2.24, 2.45) is 0 Å². The lowest BCUT2D eigenvalue weighted by Gasteiger charge is -2.08. The summed E-state index contributed by atoms with van der Waals surface area (Å²) in [7, 11) is 1.48. The van der Waals surface area contributed by atoms with E-state index in [0.717, 1.165) is 19.1 Å². The normalized spacial score (nSPS) is 10.2. The van der Waals surface area contributed by atoms with Gasteiger partial charge in [0.15, 0.2) is 5.78 Å². The first-order valence-corrected chi connectivity index (χ1v) is 5.19. The Hall–Kier alpha value is -2.02. The zero-order valence-electron chi connectivity index (χ0n) is 10.0. The topological polar surface area (TPSA) is 81.5 Å². The molecule has 7 heteroatoms. The molecular weight excluding hydrogens is 243 g/mol. The quantitative estimate of drug-likeness (QED) is 0.364. The molecule has 0 spiro atoms. The van der Waals surface area contributed by atoms with Gasteiger partial charge < -0.3 is 10.1 Å². The predicted octanol–water partition coefficient (Wildman–Crippen LogP) is 1.99. The van der Waals surface area contributed by atoms with Crippen molar-refractivity contribution in [1.82, 2.24) is 0 Å². The summed E-state index contributed by atoms with van der Waals surface area (Å²) in [6, 6.07) is 1.89. The lowest BCUT2D eigenvalue weighted by molar-refractivity contribution is -0.384. The number of hydrogen-bond donors (Lipinski definition) is 1. The van der Waals surface area contributed by atoms with Crippen LogP contribution in [0.3, 0.4) is 0 Å². The molecule has 1 rings (SSSR count). The van der Waals surface area contributed by atoms with Gasteiger partial charge in [-0.25, -0.2) is 4.39 Å². The van der Waals surface area contributed by atoms with Crippen LogP contribution in [0.2, 0.25) is 0 Å². The third-order valence-corrected chi connectivity index (χ3v) is 2.28. The van der Waals surface area contributed by atoms with E-state index in [1.54, 1.807) is 0 Å². The second kappa shape index (κ2) is 6.06. The third kappa shape index (κ3) is 3.24. The standard InChI is InChI=1S/C11H13FN2O4/c1-7(15)8-5-11(14(16)17)10(6-9(8)12)13-3-4-18-2/h5-6,13H,3-4H2,1-2H3. The smallest absolute Gasteiger partial charge is 0.293 e. The van der Waals surface area contributed by atoms with Crippen LogP contribution < -0.4 is 5.32 Å². The van der Waals surface area contributed by atoms with Crippen molar-refractivity contribution in [3.63, 3.8) is 0 Å². The Morgan fingerprint density at radius 2 is 2.22 bits per heavy atom. The van der Waals surface area contributed by atoms with Crippen molar-refractivity contribution < 1.29 is 18.8 Å². The highest BCUT2D eigenvalue weighted by Crippen LogP contribution is 2.27. The van der Waals surface area contributed by atoms with Gasteiger partial charge in [0.1, 0.15) is 11.5 Å². The number of nitrogens with zero attached hydrogens (tertiary/aromatic N) is 1. The van der Waals surface area contributed by atoms with Gasteiger partial charge in [0.2, 0.25) is 0 Å². The Labute approximate surface area is 103 Å². The number of carbonyl (C=O) groups excluding carboxylic acids is 1. The molecule has 0 aliphatic carbocycles. The van der Waals surface area contributed by atoms with Crippen LogP contribution in [0.1, 0.15) is 17.3 Å². The lowest BCUT2D eigenvalue weighted by atomic mass is 10.1. The first kappa shape index (κ1) is 14.0. The molecule has 1 aromatic carbocycles. The van der Waals surface area contributed by atoms with E-state index in [0.29, 0.717) is 13.2 Å². The monoisotopic (exact) mass is 256 g/mol. The number of halogens is 1. The number of Topliss-reactive ketones (excluding diaryl/α,β-unsaturated/α-hetero) is 1. The summed E-state index contributed by atoms with van der Waals surface area (Å²) in [5, 5.41) is 13.5. The number of nitro groups is 1. The Balaban J connectivity index is 3.12. The number of rotatable bonds is 6. The Bertz CT molecular complexity index is 476. The molecule has 0 saturated heterocycles. The van der Waals surface area contributed by atoms with Crippen molar-refractivity contribution in [3.8, 4) is 0 Å². The molecule has 18 heavy (non-hydrogen) atoms. The highest BCUT2D eigenvalue weighted by atomic mass is 19.1. The average Bonchev–Trinajstić information content (AvgIpc) is 2.28. The van der Waals surface area contributed by atoms with Gasteiger partial charge in [-0.1, -0.05) is 0 Å². The minimum atomic E-state index is -0.784. The van der Waals surface area contributed by atoms with E-state index in [2.05, 4.69) is 5.32 Å². The molecule has 0 radical (unpaired) electrons. The molecule has 0 amide bonds. The molecule has 0 aliphatic heterocycles. The van der Waals surface area contributed by atoms with Crippen LogP contribution in [0.15, 0.2) is 12.1 Å². The van der Waals surface area contributed by atoms with Gasteiger partial charge in [-0.2, -0.15) is 0 Å². The van der Waals surface area contributed by atoms with Crippen molar-refractivity contribution in [3.05, 3.63) is 33.6 Å². The molecule has 0 saturated carbocycles. The second-order valence-corrected chi connectivity index (χ2v) is 3.58. The summed E-state index contributed by atoms with van der Waals surface area (Å²) in [4.78, 5) is 21.3. The first-order valence-electron chi connectivity index (χ1n) is 5.19. The fraction of sp³-hybridized carbons (Fsp3) is 0.364. The fourth-order valence-electron chi connectivity index (χ4n) is 1.41. The Kier molecular flexibility index (Phi) is 4.73. The van der Waals surface area contributed by atoms with E-state index in [1.807, 2.05) is 0 Å². The molecule has 0 atom stereocenters. The zero-order valence-corrected chi connectivity index (χ0v) is 10.0. The minimum Gasteiger partial charge on any atom is -0.383 e. The molecular formula is C11H13FN2O4. The van der Waals surface area contributed by atoms with Crippen molar-refractivity contribution in [2.45, 2.75) is 6.92 Å². The van der Waals surface area contributed by atoms with Crippen LogP contribution in [-0.2, 0) is 4.74 Å². The van der Waals surface area contributed by atoms with Gasteiger partial charge >= 0.3 is 0 Å². The summed E-state index contributed by atoms with van der Waals surface area (Å²) in [6.45, 7) is 1.78. The van der Waals surface area contributed by atoms with Gasteiger partial charge in [0.05, 0.1) is 17.1 Å². The lowest BCUT2D eigenvalue weighted by Crippen LogP contribution is -2.10. The van der Waals surface area contributed by atoms with Crippen LogP contribution in [-0.4, -0.2) is 31.0 Å². The number of carbonyl (C=O) groups is 1. The van der Waals surface area contributed by atoms with Crippen LogP contribution in [0.5, 0.6) is 0 Å². The number of nitrogens with one attached hydrogen (secondary N) is 1. The molecule has 6 nitrogen and oxygen atoms in total. The summed E-state index contributed by atoms with van der Waals surface area (Å²) >= 11 is 0. The number of benzene rings is 1. The van der Waals surface area contributed by atoms with E-state index < -0.39 is 16.5 Å². The Morgan fingerprint density at radius 1 is 1.56 bits per heavy atom. The van der Waals surface area contributed by atoms with E-state index in [1.165, 1.54) is 7.11 Å². The van der Waals surface area contributed by atoms with E-state index in [4.69, 9.17) is 4.74 Å². The highest BCUT2D eigenvalue weighted by molar-refractivity contribution is 5.95. The fourth-order valence-corrected chi connectivity index (χ4v) is 1.41. The maximum atomic E-state index is 13.5. The predicted molar refractivity (Wildman–Crippen MR) is 63.4 cm³/mol. The van der Waals surface area contributed by atoms with E-state index >= 15 is 0 Å². The van der Waals surface area contributed by atoms with Crippen LogP contribution in [0.4, 0.5) is 15.8 Å². The highest BCUT2D eigenvalue weighted by Gasteiger charge is 2.20. The molecule has 0 aromatic heterocycles. The SMILES string of the molecule is COCCNc1cc(F)c(C(C)=O)cc1[N+](=O)[O-]. The molecule has 0 fully saturated rings. The molecule has 98 valence electrons. The molecule has 1 N–H and O–H groups in total. The van der Waals surface area contributed by atoms with Gasteiger partial charge in [-0.15, -0.1) is 0 Å². The van der Waals surface area contributed by atoms with Gasteiger partial charge in [-0.3, -0.25) is 14.9 Å². The van der Waals surface area contributed by atoms with Gasteiger partial charge in [-0.05, 0) is 6.92 Å². The maximum Gasteiger partial charge on any atom is 0.293 e. The number of methoxy groups -OCH3 is 1. The van der Waals surface area contributed by atoms with Crippen molar-refractivity contribution in [2.75, 3.05) is 25.6 Å². The largest absolute Gasteiger partial charge is 0.383 e.